The minimum atomic E-state index is -0.0390. The third kappa shape index (κ3) is 3.31. The monoisotopic (exact) mass is 340 g/mol. The van der Waals surface area contributed by atoms with Crippen molar-refractivity contribution in [3.05, 3.63) is 47.6 Å². The number of amides is 1. The Labute approximate surface area is 147 Å². The third-order valence-electron chi connectivity index (χ3n) is 5.40. The van der Waals surface area contributed by atoms with E-state index in [1.807, 2.05) is 0 Å². The molecular weight excluding hydrogens is 316 g/mol. The molecule has 0 aliphatic carbocycles. The molecule has 6 nitrogen and oxygen atoms in total. The predicted octanol–water partition coefficient (Wildman–Crippen LogP) is 2.44. The summed E-state index contributed by atoms with van der Waals surface area (Å²) in [7, 11) is 0. The van der Waals surface area contributed by atoms with Gasteiger partial charge in [0, 0.05) is 37.9 Å². The van der Waals surface area contributed by atoms with Gasteiger partial charge in [0.2, 0.25) is 11.8 Å². The Morgan fingerprint density at radius 3 is 3.00 bits per heavy atom. The standard InChI is InChI=1S/C19H24N4O2/c1-13(24)20-10-9-18-21-19(22-25-18)15-12-17(14-6-3-2-4-7-14)23-11-5-8-16(15)23/h2-4,6-7,15-17H,5,8-12H2,1H3,(H,20,24)/t15-,16+,17-/m1/s1. The first-order valence-electron chi connectivity index (χ1n) is 9.10. The molecule has 4 rings (SSSR count). The number of nitrogens with one attached hydrogen (secondary N) is 1. The Hall–Kier alpha value is -2.21. The second kappa shape index (κ2) is 6.96. The Balaban J connectivity index is 1.49. The molecule has 3 heterocycles. The van der Waals surface area contributed by atoms with E-state index in [0.29, 0.717) is 36.9 Å². The molecule has 2 aliphatic heterocycles. The van der Waals surface area contributed by atoms with Crippen LogP contribution >= 0.6 is 0 Å². The molecule has 0 unspecified atom stereocenters. The van der Waals surface area contributed by atoms with Crippen LogP contribution in [0.5, 0.6) is 0 Å². The number of hydrogen-bond acceptors (Lipinski definition) is 5. The van der Waals surface area contributed by atoms with E-state index >= 15 is 0 Å². The van der Waals surface area contributed by atoms with Gasteiger partial charge in [-0.15, -0.1) is 0 Å². The molecule has 2 saturated heterocycles. The van der Waals surface area contributed by atoms with Gasteiger partial charge in [-0.25, -0.2) is 0 Å². The number of aromatic nitrogens is 2. The quantitative estimate of drug-likeness (QED) is 0.905. The van der Waals surface area contributed by atoms with Crippen LogP contribution in [0.4, 0.5) is 0 Å². The zero-order valence-electron chi connectivity index (χ0n) is 14.5. The van der Waals surface area contributed by atoms with Crippen LogP contribution < -0.4 is 5.32 Å². The van der Waals surface area contributed by atoms with Gasteiger partial charge >= 0.3 is 0 Å². The van der Waals surface area contributed by atoms with Crippen LogP contribution in [0.15, 0.2) is 34.9 Å². The molecule has 25 heavy (non-hydrogen) atoms. The summed E-state index contributed by atoms with van der Waals surface area (Å²) in [5.41, 5.74) is 1.38. The SMILES string of the molecule is CC(=O)NCCc1nc([C@@H]2C[C@H](c3ccccc3)N3CCC[C@@H]23)no1. The van der Waals surface area contributed by atoms with Crippen LogP contribution in [0, 0.1) is 0 Å². The fraction of sp³-hybridized carbons (Fsp3) is 0.526. The molecule has 3 atom stereocenters. The number of carbonyl (C=O) groups excluding carboxylic acids is 1. The molecule has 0 radical (unpaired) electrons. The van der Waals surface area contributed by atoms with E-state index in [1.165, 1.54) is 25.3 Å². The number of nitrogens with zero attached hydrogens (tertiary/aromatic N) is 3. The lowest BCUT2D eigenvalue weighted by atomic mass is 9.94. The van der Waals surface area contributed by atoms with Crippen LogP contribution in [0.25, 0.3) is 0 Å². The number of carbonyl (C=O) groups is 1. The molecule has 2 aliphatic rings. The van der Waals surface area contributed by atoms with Gasteiger partial charge in [0.15, 0.2) is 5.82 Å². The van der Waals surface area contributed by atoms with Crippen LogP contribution in [-0.2, 0) is 11.2 Å². The van der Waals surface area contributed by atoms with Crippen LogP contribution in [0.3, 0.4) is 0 Å². The highest BCUT2D eigenvalue weighted by Gasteiger charge is 2.46. The predicted molar refractivity (Wildman–Crippen MR) is 93.0 cm³/mol. The van der Waals surface area contributed by atoms with Crippen LogP contribution in [-0.4, -0.2) is 40.1 Å². The lowest BCUT2D eigenvalue weighted by molar-refractivity contribution is -0.118. The first kappa shape index (κ1) is 16.3. The molecule has 2 fully saturated rings. The number of benzene rings is 1. The lowest BCUT2D eigenvalue weighted by Gasteiger charge is -2.24. The second-order valence-electron chi connectivity index (χ2n) is 7.00. The Bertz CT molecular complexity index is 730. The maximum atomic E-state index is 11.0. The van der Waals surface area contributed by atoms with Gasteiger partial charge in [0.1, 0.15) is 0 Å². The van der Waals surface area contributed by atoms with E-state index < -0.39 is 0 Å². The van der Waals surface area contributed by atoms with Gasteiger partial charge in [0.05, 0.1) is 0 Å². The van der Waals surface area contributed by atoms with Crippen molar-refractivity contribution in [2.75, 3.05) is 13.1 Å². The van der Waals surface area contributed by atoms with E-state index in [-0.39, 0.29) is 5.91 Å². The largest absolute Gasteiger partial charge is 0.356 e. The molecule has 1 aromatic heterocycles. The smallest absolute Gasteiger partial charge is 0.228 e. The number of hydrogen-bond donors (Lipinski definition) is 1. The minimum absolute atomic E-state index is 0.0390. The van der Waals surface area contributed by atoms with E-state index in [2.05, 4.69) is 50.7 Å². The average molecular weight is 340 g/mol. The summed E-state index contributed by atoms with van der Waals surface area (Å²) in [5, 5.41) is 7.02. The first-order chi connectivity index (χ1) is 12.2. The van der Waals surface area contributed by atoms with E-state index in [1.54, 1.807) is 0 Å². The summed E-state index contributed by atoms with van der Waals surface area (Å²) in [5.74, 6) is 1.72. The van der Waals surface area contributed by atoms with E-state index in [0.717, 1.165) is 18.8 Å². The number of rotatable bonds is 5. The van der Waals surface area contributed by atoms with Gasteiger partial charge < -0.3 is 9.84 Å². The second-order valence-corrected chi connectivity index (χ2v) is 7.00. The topological polar surface area (TPSA) is 71.3 Å². The molecule has 2 aromatic rings. The fourth-order valence-corrected chi connectivity index (χ4v) is 4.31. The maximum Gasteiger partial charge on any atom is 0.228 e. The Morgan fingerprint density at radius 2 is 2.20 bits per heavy atom. The van der Waals surface area contributed by atoms with E-state index in [4.69, 9.17) is 4.52 Å². The van der Waals surface area contributed by atoms with Gasteiger partial charge in [-0.3, -0.25) is 9.69 Å². The van der Waals surface area contributed by atoms with Crippen LogP contribution in [0.2, 0.25) is 0 Å². The molecular formula is C19H24N4O2. The van der Waals surface area contributed by atoms with Crippen molar-refractivity contribution in [3.63, 3.8) is 0 Å². The molecule has 0 bridgehead atoms. The summed E-state index contributed by atoms with van der Waals surface area (Å²) in [4.78, 5) is 18.2. The highest BCUT2D eigenvalue weighted by Crippen LogP contribution is 2.48. The molecule has 132 valence electrons. The van der Waals surface area contributed by atoms with Crippen molar-refractivity contribution < 1.29 is 9.32 Å². The third-order valence-corrected chi connectivity index (χ3v) is 5.40. The molecule has 1 N–H and O–H groups in total. The summed E-state index contributed by atoms with van der Waals surface area (Å²) >= 11 is 0. The van der Waals surface area contributed by atoms with Crippen molar-refractivity contribution >= 4 is 5.91 Å². The summed E-state index contributed by atoms with van der Waals surface area (Å²) in [6.45, 7) is 3.19. The highest BCUT2D eigenvalue weighted by atomic mass is 16.5. The van der Waals surface area contributed by atoms with Crippen molar-refractivity contribution in [1.29, 1.82) is 0 Å². The van der Waals surface area contributed by atoms with Crippen molar-refractivity contribution in [1.82, 2.24) is 20.4 Å². The van der Waals surface area contributed by atoms with Gasteiger partial charge in [-0.05, 0) is 31.4 Å². The van der Waals surface area contributed by atoms with Crippen LogP contribution in [0.1, 0.15) is 55.4 Å². The average Bonchev–Trinajstić information content (AvgIpc) is 3.31. The molecule has 1 aromatic carbocycles. The summed E-state index contributed by atoms with van der Waals surface area (Å²) in [6.07, 6.45) is 4.05. The van der Waals surface area contributed by atoms with Crippen molar-refractivity contribution in [2.24, 2.45) is 0 Å². The summed E-state index contributed by atoms with van der Waals surface area (Å²) < 4.78 is 5.42. The van der Waals surface area contributed by atoms with Crippen molar-refractivity contribution in [3.8, 4) is 0 Å². The molecule has 0 saturated carbocycles. The fourth-order valence-electron chi connectivity index (χ4n) is 4.31. The zero-order valence-corrected chi connectivity index (χ0v) is 14.5. The molecule has 0 spiro atoms. The Morgan fingerprint density at radius 1 is 1.36 bits per heavy atom. The summed E-state index contributed by atoms with van der Waals surface area (Å²) in [6, 6.07) is 11.7. The van der Waals surface area contributed by atoms with E-state index in [9.17, 15) is 4.79 Å². The van der Waals surface area contributed by atoms with Gasteiger partial charge in [-0.2, -0.15) is 4.98 Å². The van der Waals surface area contributed by atoms with Gasteiger partial charge in [-0.1, -0.05) is 35.5 Å². The lowest BCUT2D eigenvalue weighted by Crippen LogP contribution is -2.27. The Kier molecular flexibility index (Phi) is 4.53. The first-order valence-corrected chi connectivity index (χ1v) is 9.10. The normalized spacial score (nSPS) is 25.9. The maximum absolute atomic E-state index is 11.0. The zero-order chi connectivity index (χ0) is 17.2. The number of fused-ring (bicyclic) bond motifs is 1. The van der Waals surface area contributed by atoms with Crippen molar-refractivity contribution in [2.45, 2.75) is 50.6 Å². The van der Waals surface area contributed by atoms with Gasteiger partial charge in [0.25, 0.3) is 0 Å². The molecule has 6 heteroatoms. The highest BCUT2D eigenvalue weighted by molar-refractivity contribution is 5.72. The minimum Gasteiger partial charge on any atom is -0.356 e. The molecule has 1 amide bonds.